The topological polar surface area (TPSA) is 23.6 Å². The van der Waals surface area contributed by atoms with E-state index in [4.69, 9.17) is 0 Å². The summed E-state index contributed by atoms with van der Waals surface area (Å²) >= 11 is 0. The van der Waals surface area contributed by atoms with Crippen LogP contribution in [-0.2, 0) is 11.3 Å². The molecule has 1 amide bonds. The Hall–Kier alpha value is -1.87. The van der Waals surface area contributed by atoms with Crippen molar-refractivity contribution in [1.82, 2.24) is 9.80 Å². The van der Waals surface area contributed by atoms with E-state index in [0.29, 0.717) is 18.4 Å². The van der Waals surface area contributed by atoms with Crippen molar-refractivity contribution in [3.05, 3.63) is 48.0 Å². The van der Waals surface area contributed by atoms with E-state index in [1.165, 1.54) is 61.5 Å². The molecule has 0 spiro atoms. The van der Waals surface area contributed by atoms with Crippen molar-refractivity contribution >= 4 is 16.7 Å². The van der Waals surface area contributed by atoms with Crippen LogP contribution in [0.4, 0.5) is 0 Å². The van der Waals surface area contributed by atoms with Crippen molar-refractivity contribution in [2.24, 2.45) is 11.8 Å². The third-order valence-electron chi connectivity index (χ3n) is 7.80. The highest BCUT2D eigenvalue weighted by Gasteiger charge is 2.35. The van der Waals surface area contributed by atoms with E-state index in [1.807, 2.05) is 0 Å². The summed E-state index contributed by atoms with van der Waals surface area (Å²) < 4.78 is 0. The zero-order valence-corrected chi connectivity index (χ0v) is 17.6. The SMILES string of the molecule is O=C1CC[C@@H](N2CC[C@@H]3CCCC[C@H]3C2)CCN1Cc1ccc2ccccc2c1. The Morgan fingerprint density at radius 2 is 1.66 bits per heavy atom. The van der Waals surface area contributed by atoms with Crippen molar-refractivity contribution in [2.45, 2.75) is 64.0 Å². The Morgan fingerprint density at radius 1 is 0.828 bits per heavy atom. The van der Waals surface area contributed by atoms with Crippen LogP contribution in [0.3, 0.4) is 0 Å². The van der Waals surface area contributed by atoms with Gasteiger partial charge in [-0.2, -0.15) is 0 Å². The third-order valence-corrected chi connectivity index (χ3v) is 7.80. The predicted octanol–water partition coefficient (Wildman–Crippen LogP) is 5.23. The summed E-state index contributed by atoms with van der Waals surface area (Å²) in [5.41, 5.74) is 1.25. The van der Waals surface area contributed by atoms with Crippen molar-refractivity contribution in [1.29, 1.82) is 0 Å². The number of carbonyl (C=O) groups excluding carboxylic acids is 1. The minimum atomic E-state index is 0.341. The number of likely N-dealkylation sites (tertiary alicyclic amines) is 2. The van der Waals surface area contributed by atoms with E-state index in [9.17, 15) is 4.79 Å². The minimum absolute atomic E-state index is 0.341. The fourth-order valence-corrected chi connectivity index (χ4v) is 6.07. The molecule has 3 atom stereocenters. The Kier molecular flexibility index (Phi) is 5.59. The van der Waals surface area contributed by atoms with Crippen LogP contribution in [0.1, 0.15) is 56.9 Å². The van der Waals surface area contributed by atoms with E-state index < -0.39 is 0 Å². The number of amides is 1. The monoisotopic (exact) mass is 390 g/mol. The Morgan fingerprint density at radius 3 is 2.55 bits per heavy atom. The van der Waals surface area contributed by atoms with Gasteiger partial charge in [0.05, 0.1) is 0 Å². The van der Waals surface area contributed by atoms with Crippen LogP contribution in [0.25, 0.3) is 10.8 Å². The van der Waals surface area contributed by atoms with Crippen molar-refractivity contribution in [3.63, 3.8) is 0 Å². The summed E-state index contributed by atoms with van der Waals surface area (Å²) in [4.78, 5) is 17.7. The van der Waals surface area contributed by atoms with Crippen LogP contribution in [-0.4, -0.2) is 41.4 Å². The van der Waals surface area contributed by atoms with Gasteiger partial charge in [-0.1, -0.05) is 55.7 Å². The van der Waals surface area contributed by atoms with E-state index in [-0.39, 0.29) is 0 Å². The van der Waals surface area contributed by atoms with Crippen molar-refractivity contribution in [2.75, 3.05) is 19.6 Å². The number of hydrogen-bond acceptors (Lipinski definition) is 2. The lowest BCUT2D eigenvalue weighted by atomic mass is 9.74. The van der Waals surface area contributed by atoms with E-state index in [2.05, 4.69) is 52.3 Å². The Bertz CT molecular complexity index is 863. The predicted molar refractivity (Wildman–Crippen MR) is 119 cm³/mol. The van der Waals surface area contributed by atoms with E-state index >= 15 is 0 Å². The standard InChI is InChI=1S/C26H34N2O/c29-26-12-11-25(27-15-13-22-6-2-4-8-24(22)19-27)14-16-28(26)18-20-9-10-21-5-1-3-7-23(21)17-20/h1,3,5,7,9-10,17,22,24-25H,2,4,6,8,11-16,18-19H2/t22-,24-,25+/m0/s1. The fraction of sp³-hybridized carbons (Fsp3) is 0.577. The first kappa shape index (κ1) is 19.1. The number of benzene rings is 2. The number of fused-ring (bicyclic) bond motifs is 2. The highest BCUT2D eigenvalue weighted by Crippen LogP contribution is 2.37. The van der Waals surface area contributed by atoms with Crippen LogP contribution < -0.4 is 0 Å². The number of piperidine rings is 1. The van der Waals surface area contributed by atoms with Gasteiger partial charge in [-0.15, -0.1) is 0 Å². The molecule has 0 aromatic heterocycles. The molecule has 1 saturated carbocycles. The first-order chi connectivity index (χ1) is 14.3. The van der Waals surface area contributed by atoms with Crippen LogP contribution in [0, 0.1) is 11.8 Å². The van der Waals surface area contributed by atoms with Gasteiger partial charge in [0, 0.05) is 32.1 Å². The number of rotatable bonds is 3. The zero-order valence-electron chi connectivity index (χ0n) is 17.6. The van der Waals surface area contributed by atoms with Gasteiger partial charge in [0.1, 0.15) is 0 Å². The maximum absolute atomic E-state index is 12.8. The second-order valence-electron chi connectivity index (χ2n) is 9.57. The smallest absolute Gasteiger partial charge is 0.222 e. The average molecular weight is 391 g/mol. The lowest BCUT2D eigenvalue weighted by molar-refractivity contribution is -0.131. The first-order valence-corrected chi connectivity index (χ1v) is 11.8. The van der Waals surface area contributed by atoms with Crippen molar-refractivity contribution < 1.29 is 4.79 Å². The number of hydrogen-bond donors (Lipinski definition) is 0. The van der Waals surface area contributed by atoms with Crippen LogP contribution >= 0.6 is 0 Å². The molecule has 3 aliphatic rings. The molecule has 3 nitrogen and oxygen atoms in total. The van der Waals surface area contributed by atoms with Crippen LogP contribution in [0.2, 0.25) is 0 Å². The van der Waals surface area contributed by atoms with Gasteiger partial charge in [0.15, 0.2) is 0 Å². The molecule has 0 N–H and O–H groups in total. The normalized spacial score (nSPS) is 28.9. The quantitative estimate of drug-likeness (QED) is 0.716. The lowest BCUT2D eigenvalue weighted by Gasteiger charge is -2.44. The summed E-state index contributed by atoms with van der Waals surface area (Å²) in [7, 11) is 0. The highest BCUT2D eigenvalue weighted by atomic mass is 16.2. The van der Waals surface area contributed by atoms with Gasteiger partial charge in [0.2, 0.25) is 5.91 Å². The summed E-state index contributed by atoms with van der Waals surface area (Å²) in [5.74, 6) is 2.25. The molecule has 3 heteroatoms. The molecule has 2 aliphatic heterocycles. The van der Waals surface area contributed by atoms with Crippen LogP contribution in [0.5, 0.6) is 0 Å². The van der Waals surface area contributed by atoms with Crippen molar-refractivity contribution in [3.8, 4) is 0 Å². The van der Waals surface area contributed by atoms with Gasteiger partial charge in [-0.25, -0.2) is 0 Å². The third kappa shape index (κ3) is 4.21. The first-order valence-electron chi connectivity index (χ1n) is 11.8. The maximum atomic E-state index is 12.8. The summed E-state index contributed by atoms with van der Waals surface area (Å²) in [5, 5.41) is 2.53. The lowest BCUT2D eigenvalue weighted by Crippen LogP contribution is -2.47. The Balaban J connectivity index is 1.22. The largest absolute Gasteiger partial charge is 0.338 e. The molecule has 5 rings (SSSR count). The van der Waals surface area contributed by atoms with Gasteiger partial charge >= 0.3 is 0 Å². The van der Waals surface area contributed by atoms with E-state index in [1.54, 1.807) is 0 Å². The highest BCUT2D eigenvalue weighted by molar-refractivity contribution is 5.83. The zero-order chi connectivity index (χ0) is 19.6. The molecule has 2 aromatic carbocycles. The second-order valence-corrected chi connectivity index (χ2v) is 9.57. The fourth-order valence-electron chi connectivity index (χ4n) is 6.07. The molecular weight excluding hydrogens is 356 g/mol. The van der Waals surface area contributed by atoms with Gasteiger partial charge < -0.3 is 9.80 Å². The molecule has 154 valence electrons. The molecule has 0 bridgehead atoms. The number of carbonyl (C=O) groups is 1. The molecule has 0 radical (unpaired) electrons. The summed E-state index contributed by atoms with van der Waals surface area (Å²) in [6.07, 6.45) is 10.0. The summed E-state index contributed by atoms with van der Waals surface area (Å²) in [6.45, 7) is 4.20. The van der Waals surface area contributed by atoms with Gasteiger partial charge in [0.25, 0.3) is 0 Å². The molecule has 2 heterocycles. The summed E-state index contributed by atoms with van der Waals surface area (Å²) in [6, 6.07) is 15.7. The second kappa shape index (κ2) is 8.47. The van der Waals surface area contributed by atoms with E-state index in [0.717, 1.165) is 37.8 Å². The molecule has 2 aromatic rings. The van der Waals surface area contributed by atoms with Gasteiger partial charge in [-0.3, -0.25) is 4.79 Å². The molecule has 1 aliphatic carbocycles. The maximum Gasteiger partial charge on any atom is 0.222 e. The molecular formula is C26H34N2O. The molecule has 3 fully saturated rings. The molecule has 29 heavy (non-hydrogen) atoms. The average Bonchev–Trinajstić information content (AvgIpc) is 2.95. The number of nitrogens with zero attached hydrogens (tertiary/aromatic N) is 2. The van der Waals surface area contributed by atoms with Gasteiger partial charge in [-0.05, 0) is 66.5 Å². The Labute approximate surface area is 175 Å². The molecule has 2 saturated heterocycles. The molecule has 0 unspecified atom stereocenters. The van der Waals surface area contributed by atoms with Crippen LogP contribution in [0.15, 0.2) is 42.5 Å². The minimum Gasteiger partial charge on any atom is -0.338 e.